The van der Waals surface area contributed by atoms with Crippen molar-refractivity contribution in [3.63, 3.8) is 0 Å². The van der Waals surface area contributed by atoms with Crippen LogP contribution < -0.4 is 5.73 Å². The van der Waals surface area contributed by atoms with Gasteiger partial charge in [0.1, 0.15) is 5.78 Å². The van der Waals surface area contributed by atoms with Crippen molar-refractivity contribution in [1.29, 1.82) is 0 Å². The van der Waals surface area contributed by atoms with E-state index in [0.29, 0.717) is 11.7 Å². The molecular formula is C10H20N2O. The molecule has 76 valence electrons. The molecule has 0 aliphatic carbocycles. The largest absolute Gasteiger partial charge is 0.330 e. The molecule has 0 saturated carbocycles. The van der Waals surface area contributed by atoms with Crippen molar-refractivity contribution in [2.24, 2.45) is 11.7 Å². The Morgan fingerprint density at radius 3 is 2.54 bits per heavy atom. The van der Waals surface area contributed by atoms with E-state index in [1.165, 1.54) is 0 Å². The average Bonchev–Trinajstić information content (AvgIpc) is 2.15. The van der Waals surface area contributed by atoms with Crippen LogP contribution in [0.5, 0.6) is 0 Å². The number of carbonyl (C=O) groups is 1. The summed E-state index contributed by atoms with van der Waals surface area (Å²) in [4.78, 5) is 13.5. The highest BCUT2D eigenvalue weighted by Crippen LogP contribution is 2.17. The summed E-state index contributed by atoms with van der Waals surface area (Å²) in [5.74, 6) is 0.688. The van der Waals surface area contributed by atoms with Crippen molar-refractivity contribution >= 4 is 5.78 Å². The van der Waals surface area contributed by atoms with E-state index in [1.807, 2.05) is 0 Å². The summed E-state index contributed by atoms with van der Waals surface area (Å²) < 4.78 is 0. The standard InChI is InChI=1S/C10H20N2O/c1-9(13)10-3-7-12(8-4-10)6-2-5-11/h10H,2-8,11H2,1H3. The molecule has 0 aromatic heterocycles. The summed E-state index contributed by atoms with van der Waals surface area (Å²) in [5.41, 5.74) is 5.44. The van der Waals surface area contributed by atoms with Gasteiger partial charge in [0.25, 0.3) is 0 Å². The summed E-state index contributed by atoms with van der Waals surface area (Å²) in [6.07, 6.45) is 3.16. The lowest BCUT2D eigenvalue weighted by Crippen LogP contribution is -2.36. The maximum atomic E-state index is 11.1. The molecule has 0 radical (unpaired) electrons. The molecule has 0 atom stereocenters. The van der Waals surface area contributed by atoms with Crippen LogP contribution in [-0.2, 0) is 4.79 Å². The normalized spacial score (nSPS) is 20.5. The molecule has 0 aromatic carbocycles. The van der Waals surface area contributed by atoms with Gasteiger partial charge in [0.15, 0.2) is 0 Å². The first-order valence-electron chi connectivity index (χ1n) is 5.17. The molecular weight excluding hydrogens is 164 g/mol. The zero-order valence-electron chi connectivity index (χ0n) is 8.46. The SMILES string of the molecule is CC(=O)C1CCN(CCCN)CC1. The minimum Gasteiger partial charge on any atom is -0.330 e. The van der Waals surface area contributed by atoms with Crippen molar-refractivity contribution in [3.05, 3.63) is 0 Å². The lowest BCUT2D eigenvalue weighted by atomic mass is 9.93. The number of Topliss-reactive ketones (excluding diaryl/α,β-unsaturated/α-hetero) is 1. The summed E-state index contributed by atoms with van der Waals surface area (Å²) in [6, 6.07) is 0. The van der Waals surface area contributed by atoms with Gasteiger partial charge in [-0.2, -0.15) is 0 Å². The zero-order valence-corrected chi connectivity index (χ0v) is 8.46. The van der Waals surface area contributed by atoms with E-state index >= 15 is 0 Å². The van der Waals surface area contributed by atoms with E-state index in [2.05, 4.69) is 4.90 Å². The molecule has 0 bridgehead atoms. The van der Waals surface area contributed by atoms with Crippen LogP contribution in [0.15, 0.2) is 0 Å². The first-order chi connectivity index (χ1) is 6.24. The summed E-state index contributed by atoms with van der Waals surface area (Å²) in [5, 5.41) is 0. The maximum absolute atomic E-state index is 11.1. The van der Waals surface area contributed by atoms with Gasteiger partial charge in [0.05, 0.1) is 0 Å². The van der Waals surface area contributed by atoms with Crippen LogP contribution in [0.3, 0.4) is 0 Å². The molecule has 0 unspecified atom stereocenters. The number of nitrogens with two attached hydrogens (primary N) is 1. The number of carbonyl (C=O) groups excluding carboxylic acids is 1. The Hall–Kier alpha value is -0.410. The highest BCUT2D eigenvalue weighted by Gasteiger charge is 2.21. The number of nitrogens with zero attached hydrogens (tertiary/aromatic N) is 1. The Kier molecular flexibility index (Phi) is 4.39. The molecule has 3 nitrogen and oxygen atoms in total. The summed E-state index contributed by atoms with van der Waals surface area (Å²) in [6.45, 7) is 5.72. The molecule has 1 saturated heterocycles. The Morgan fingerprint density at radius 1 is 1.46 bits per heavy atom. The fraction of sp³-hybridized carbons (Fsp3) is 0.900. The zero-order chi connectivity index (χ0) is 9.68. The molecule has 1 fully saturated rings. The second kappa shape index (κ2) is 5.35. The van der Waals surface area contributed by atoms with Crippen LogP contribution in [-0.4, -0.2) is 36.9 Å². The first-order valence-corrected chi connectivity index (χ1v) is 5.17. The average molecular weight is 184 g/mol. The lowest BCUT2D eigenvalue weighted by molar-refractivity contribution is -0.122. The van der Waals surface area contributed by atoms with E-state index in [4.69, 9.17) is 5.73 Å². The molecule has 3 heteroatoms. The van der Waals surface area contributed by atoms with E-state index < -0.39 is 0 Å². The molecule has 0 spiro atoms. The van der Waals surface area contributed by atoms with Crippen molar-refractivity contribution in [3.8, 4) is 0 Å². The van der Waals surface area contributed by atoms with Crippen molar-refractivity contribution in [2.75, 3.05) is 26.2 Å². The Bertz CT molecular complexity index is 162. The fourth-order valence-corrected chi connectivity index (χ4v) is 1.88. The predicted molar refractivity (Wildman–Crippen MR) is 53.5 cm³/mol. The van der Waals surface area contributed by atoms with Gasteiger partial charge in [-0.3, -0.25) is 4.79 Å². The van der Waals surface area contributed by atoms with Crippen LogP contribution in [0.1, 0.15) is 26.2 Å². The van der Waals surface area contributed by atoms with Crippen LogP contribution in [0, 0.1) is 5.92 Å². The lowest BCUT2D eigenvalue weighted by Gasteiger charge is -2.30. The molecule has 1 aliphatic heterocycles. The first kappa shape index (κ1) is 10.7. The van der Waals surface area contributed by atoms with Crippen LogP contribution in [0.25, 0.3) is 0 Å². The van der Waals surface area contributed by atoms with Crippen LogP contribution in [0.4, 0.5) is 0 Å². The monoisotopic (exact) mass is 184 g/mol. The van der Waals surface area contributed by atoms with Gasteiger partial charge in [-0.25, -0.2) is 0 Å². The van der Waals surface area contributed by atoms with Gasteiger partial charge in [-0.05, 0) is 52.4 Å². The highest BCUT2D eigenvalue weighted by molar-refractivity contribution is 5.78. The van der Waals surface area contributed by atoms with Crippen LogP contribution in [0.2, 0.25) is 0 Å². The smallest absolute Gasteiger partial charge is 0.133 e. The van der Waals surface area contributed by atoms with E-state index in [1.54, 1.807) is 6.92 Å². The highest BCUT2D eigenvalue weighted by atomic mass is 16.1. The molecule has 0 aromatic rings. The second-order valence-electron chi connectivity index (χ2n) is 3.87. The number of rotatable bonds is 4. The van der Waals surface area contributed by atoms with Crippen molar-refractivity contribution in [1.82, 2.24) is 4.90 Å². The van der Waals surface area contributed by atoms with Gasteiger partial charge in [-0.15, -0.1) is 0 Å². The van der Waals surface area contributed by atoms with Gasteiger partial charge in [0, 0.05) is 5.92 Å². The topological polar surface area (TPSA) is 46.3 Å². The van der Waals surface area contributed by atoms with Crippen molar-refractivity contribution < 1.29 is 4.79 Å². The Morgan fingerprint density at radius 2 is 2.08 bits per heavy atom. The minimum absolute atomic E-state index is 0.328. The maximum Gasteiger partial charge on any atom is 0.133 e. The molecule has 0 amide bonds. The fourth-order valence-electron chi connectivity index (χ4n) is 1.88. The third kappa shape index (κ3) is 3.44. The summed E-state index contributed by atoms with van der Waals surface area (Å²) >= 11 is 0. The summed E-state index contributed by atoms with van der Waals surface area (Å²) in [7, 11) is 0. The quantitative estimate of drug-likeness (QED) is 0.697. The van der Waals surface area contributed by atoms with Gasteiger partial charge in [0.2, 0.25) is 0 Å². The number of ketones is 1. The molecule has 2 N–H and O–H groups in total. The van der Waals surface area contributed by atoms with E-state index in [9.17, 15) is 4.79 Å². The van der Waals surface area contributed by atoms with Gasteiger partial charge >= 0.3 is 0 Å². The number of hydrogen-bond donors (Lipinski definition) is 1. The molecule has 1 rings (SSSR count). The van der Waals surface area contributed by atoms with Gasteiger partial charge < -0.3 is 10.6 Å². The minimum atomic E-state index is 0.328. The molecule has 1 aliphatic rings. The Balaban J connectivity index is 2.18. The van der Waals surface area contributed by atoms with Crippen molar-refractivity contribution in [2.45, 2.75) is 26.2 Å². The van der Waals surface area contributed by atoms with E-state index in [-0.39, 0.29) is 0 Å². The van der Waals surface area contributed by atoms with E-state index in [0.717, 1.165) is 45.4 Å². The predicted octanol–water partition coefficient (Wildman–Crippen LogP) is 0.636. The third-order valence-corrected chi connectivity index (χ3v) is 2.84. The number of hydrogen-bond acceptors (Lipinski definition) is 3. The third-order valence-electron chi connectivity index (χ3n) is 2.84. The Labute approximate surface area is 80.3 Å². The number of likely N-dealkylation sites (tertiary alicyclic amines) is 1. The second-order valence-corrected chi connectivity index (χ2v) is 3.87. The number of piperidine rings is 1. The van der Waals surface area contributed by atoms with Crippen LogP contribution >= 0.6 is 0 Å². The molecule has 13 heavy (non-hydrogen) atoms. The molecule has 1 heterocycles. The van der Waals surface area contributed by atoms with Gasteiger partial charge in [-0.1, -0.05) is 0 Å².